The highest BCUT2D eigenvalue weighted by molar-refractivity contribution is 6.02. The van der Waals surface area contributed by atoms with E-state index in [-0.39, 0.29) is 5.78 Å². The zero-order valence-corrected chi connectivity index (χ0v) is 15.1. The Bertz CT molecular complexity index is 799. The fourth-order valence-corrected chi connectivity index (χ4v) is 2.95. The lowest BCUT2D eigenvalue weighted by Gasteiger charge is -2.02. The highest BCUT2D eigenvalue weighted by Crippen LogP contribution is 2.25. The quantitative estimate of drug-likeness (QED) is 0.568. The highest BCUT2D eigenvalue weighted by Gasteiger charge is 2.14. The van der Waals surface area contributed by atoms with E-state index < -0.39 is 0 Å². The zero-order valence-electron chi connectivity index (χ0n) is 15.1. The van der Waals surface area contributed by atoms with Crippen LogP contribution in [0.4, 0.5) is 0 Å². The normalized spacial score (nSPS) is 10.3. The van der Waals surface area contributed by atoms with Gasteiger partial charge in [0.15, 0.2) is 5.78 Å². The van der Waals surface area contributed by atoms with Crippen LogP contribution in [0, 0.1) is 6.92 Å². The molecule has 126 valence electrons. The Kier molecular flexibility index (Phi) is 6.36. The molecule has 3 rings (SSSR count). The molecule has 1 N–H and O–H groups in total. The third-order valence-corrected chi connectivity index (χ3v) is 4.13. The Labute approximate surface area is 144 Å². The van der Waals surface area contributed by atoms with Crippen molar-refractivity contribution in [3.8, 4) is 0 Å². The van der Waals surface area contributed by atoms with Gasteiger partial charge < -0.3 is 4.98 Å². The van der Waals surface area contributed by atoms with Gasteiger partial charge >= 0.3 is 0 Å². The third-order valence-electron chi connectivity index (χ3n) is 4.13. The molecule has 0 unspecified atom stereocenters. The molecule has 1 heterocycles. The van der Waals surface area contributed by atoms with Crippen molar-refractivity contribution >= 4 is 16.7 Å². The number of carbonyl (C=O) groups excluding carboxylic acids is 1. The Balaban J connectivity index is 0.00000100. The number of nitrogens with one attached hydrogen (secondary N) is 1. The van der Waals surface area contributed by atoms with Gasteiger partial charge in [-0.25, -0.2) is 0 Å². The van der Waals surface area contributed by atoms with Crippen LogP contribution < -0.4 is 0 Å². The second-order valence-corrected chi connectivity index (χ2v) is 5.84. The molecular formula is C22H27NO. The van der Waals surface area contributed by atoms with E-state index in [0.29, 0.717) is 6.42 Å². The molecule has 2 nitrogen and oxygen atoms in total. The van der Waals surface area contributed by atoms with Crippen molar-refractivity contribution < 1.29 is 4.79 Å². The first kappa shape index (κ1) is 18.0. The monoisotopic (exact) mass is 321 g/mol. The van der Waals surface area contributed by atoms with Crippen molar-refractivity contribution in [1.29, 1.82) is 0 Å². The molecule has 0 saturated carbocycles. The standard InChI is InChI=1S/C20H21NO.C2H6/c1-3-7-19(22)20-14(2)17-13-16(10-11-18(17)21-20)12-15-8-5-4-6-9-15;1-2/h4-6,8-11,13,21H,3,7,12H2,1-2H3;1-2H3. The average molecular weight is 321 g/mol. The van der Waals surface area contributed by atoms with Gasteiger partial charge in [-0.3, -0.25) is 4.79 Å². The van der Waals surface area contributed by atoms with Crippen LogP contribution >= 0.6 is 0 Å². The molecule has 0 bridgehead atoms. The van der Waals surface area contributed by atoms with Gasteiger partial charge in [-0.15, -0.1) is 0 Å². The average Bonchev–Trinajstić information content (AvgIpc) is 2.95. The molecule has 3 aromatic rings. The number of aromatic nitrogens is 1. The summed E-state index contributed by atoms with van der Waals surface area (Å²) in [5.41, 5.74) is 5.47. The van der Waals surface area contributed by atoms with Gasteiger partial charge in [0.25, 0.3) is 0 Å². The summed E-state index contributed by atoms with van der Waals surface area (Å²) >= 11 is 0. The molecule has 2 heteroatoms. The predicted octanol–water partition coefficient (Wildman–Crippen LogP) is 6.08. The van der Waals surface area contributed by atoms with Crippen molar-refractivity contribution in [3.63, 3.8) is 0 Å². The first-order chi connectivity index (χ1) is 11.7. The number of aromatic amines is 1. The van der Waals surface area contributed by atoms with Gasteiger partial charge in [0.1, 0.15) is 0 Å². The number of hydrogen-bond acceptors (Lipinski definition) is 1. The van der Waals surface area contributed by atoms with E-state index in [1.54, 1.807) is 0 Å². The number of Topliss-reactive ketones (excluding diaryl/α,β-unsaturated/α-hetero) is 1. The van der Waals surface area contributed by atoms with Gasteiger partial charge in [0.05, 0.1) is 5.69 Å². The number of ketones is 1. The van der Waals surface area contributed by atoms with Gasteiger partial charge in [0.2, 0.25) is 0 Å². The van der Waals surface area contributed by atoms with Crippen molar-refractivity contribution in [2.45, 2.75) is 47.0 Å². The van der Waals surface area contributed by atoms with E-state index in [1.807, 2.05) is 33.8 Å². The van der Waals surface area contributed by atoms with E-state index in [9.17, 15) is 4.79 Å². The summed E-state index contributed by atoms with van der Waals surface area (Å²) in [6, 6.07) is 16.9. The minimum atomic E-state index is 0.209. The number of fused-ring (bicyclic) bond motifs is 1. The van der Waals surface area contributed by atoms with Gasteiger partial charge in [0, 0.05) is 17.3 Å². The molecule has 0 aliphatic heterocycles. The van der Waals surface area contributed by atoms with Gasteiger partial charge in [-0.05, 0) is 48.6 Å². The number of aryl methyl sites for hydroxylation is 1. The van der Waals surface area contributed by atoms with Crippen LogP contribution in [0.3, 0.4) is 0 Å². The fourth-order valence-electron chi connectivity index (χ4n) is 2.95. The number of carbonyl (C=O) groups is 1. The maximum atomic E-state index is 12.2. The van der Waals surface area contributed by atoms with Gasteiger partial charge in [-0.1, -0.05) is 57.2 Å². The summed E-state index contributed by atoms with van der Waals surface area (Å²) in [7, 11) is 0. The van der Waals surface area contributed by atoms with Crippen molar-refractivity contribution in [3.05, 3.63) is 70.9 Å². The largest absolute Gasteiger partial charge is 0.352 e. The Morgan fingerprint density at radius 1 is 1.00 bits per heavy atom. The summed E-state index contributed by atoms with van der Waals surface area (Å²) in [6.45, 7) is 8.07. The topological polar surface area (TPSA) is 32.9 Å². The summed E-state index contributed by atoms with van der Waals surface area (Å²) in [4.78, 5) is 15.5. The molecule has 0 saturated heterocycles. The molecule has 0 amide bonds. The molecular weight excluding hydrogens is 294 g/mol. The van der Waals surface area contributed by atoms with Crippen LogP contribution in [-0.4, -0.2) is 10.8 Å². The number of hydrogen-bond donors (Lipinski definition) is 1. The van der Waals surface area contributed by atoms with E-state index in [4.69, 9.17) is 0 Å². The molecule has 0 aliphatic carbocycles. The summed E-state index contributed by atoms with van der Waals surface area (Å²) in [6.07, 6.45) is 2.40. The van der Waals surface area contributed by atoms with Crippen LogP contribution in [0.5, 0.6) is 0 Å². The lowest BCUT2D eigenvalue weighted by molar-refractivity contribution is 0.0977. The second kappa shape index (κ2) is 8.49. The van der Waals surface area contributed by atoms with Gasteiger partial charge in [-0.2, -0.15) is 0 Å². The first-order valence-corrected chi connectivity index (χ1v) is 8.87. The van der Waals surface area contributed by atoms with Crippen LogP contribution in [0.2, 0.25) is 0 Å². The molecule has 1 aromatic heterocycles. The Morgan fingerprint density at radius 3 is 2.38 bits per heavy atom. The van der Waals surface area contributed by atoms with Crippen LogP contribution in [-0.2, 0) is 6.42 Å². The fraction of sp³-hybridized carbons (Fsp3) is 0.318. The summed E-state index contributed by atoms with van der Waals surface area (Å²) < 4.78 is 0. The van der Waals surface area contributed by atoms with Crippen LogP contribution in [0.15, 0.2) is 48.5 Å². The second-order valence-electron chi connectivity index (χ2n) is 5.84. The van der Waals surface area contributed by atoms with Crippen LogP contribution in [0.25, 0.3) is 10.9 Å². The maximum Gasteiger partial charge on any atom is 0.179 e. The molecule has 0 aliphatic rings. The molecule has 2 aromatic carbocycles. The summed E-state index contributed by atoms with van der Waals surface area (Å²) in [5.74, 6) is 0.209. The molecule has 0 radical (unpaired) electrons. The van der Waals surface area contributed by atoms with E-state index in [1.165, 1.54) is 11.1 Å². The maximum absolute atomic E-state index is 12.2. The first-order valence-electron chi connectivity index (χ1n) is 8.87. The highest BCUT2D eigenvalue weighted by atomic mass is 16.1. The van der Waals surface area contributed by atoms with E-state index in [0.717, 1.165) is 35.0 Å². The van der Waals surface area contributed by atoms with Crippen molar-refractivity contribution in [2.75, 3.05) is 0 Å². The minimum absolute atomic E-state index is 0.209. The number of H-pyrrole nitrogens is 1. The lowest BCUT2D eigenvalue weighted by Crippen LogP contribution is -2.00. The van der Waals surface area contributed by atoms with Crippen molar-refractivity contribution in [1.82, 2.24) is 4.98 Å². The van der Waals surface area contributed by atoms with Crippen LogP contribution in [0.1, 0.15) is 60.8 Å². The number of rotatable bonds is 5. The molecule has 0 atom stereocenters. The minimum Gasteiger partial charge on any atom is -0.352 e. The summed E-state index contributed by atoms with van der Waals surface area (Å²) in [5, 5.41) is 1.16. The smallest absolute Gasteiger partial charge is 0.179 e. The third kappa shape index (κ3) is 3.94. The molecule has 0 fully saturated rings. The van der Waals surface area contributed by atoms with E-state index in [2.05, 4.69) is 47.4 Å². The zero-order chi connectivity index (χ0) is 17.5. The predicted molar refractivity (Wildman–Crippen MR) is 103 cm³/mol. The van der Waals surface area contributed by atoms with Crippen molar-refractivity contribution in [2.24, 2.45) is 0 Å². The molecule has 24 heavy (non-hydrogen) atoms. The SMILES string of the molecule is CC.CCCC(=O)c1[nH]c2ccc(Cc3ccccc3)cc2c1C. The molecule has 0 spiro atoms. The lowest BCUT2D eigenvalue weighted by atomic mass is 10.0. The Morgan fingerprint density at radius 2 is 1.71 bits per heavy atom. The number of benzene rings is 2. The van der Waals surface area contributed by atoms with E-state index >= 15 is 0 Å². The Hall–Kier alpha value is -2.35.